The third-order valence-electron chi connectivity index (χ3n) is 2.99. The lowest BCUT2D eigenvalue weighted by Gasteiger charge is -2.22. The number of nitrogens with zero attached hydrogens (tertiary/aromatic N) is 2. The molecule has 0 N–H and O–H groups in total. The van der Waals surface area contributed by atoms with Gasteiger partial charge in [-0.2, -0.15) is 0 Å². The standard InChI is InChI=1S/C13H12N2/c1-9-8-12-10(4-2-6-14-12)11-5-3-7-15-13(9)11/h2-7,9H,8H2,1H3/t9-/m0/s1. The zero-order chi connectivity index (χ0) is 10.3. The molecule has 1 atom stereocenters. The highest BCUT2D eigenvalue weighted by Crippen LogP contribution is 2.36. The van der Waals surface area contributed by atoms with Crippen LogP contribution in [0.4, 0.5) is 0 Å². The van der Waals surface area contributed by atoms with Crippen LogP contribution in [0.3, 0.4) is 0 Å². The van der Waals surface area contributed by atoms with Gasteiger partial charge in [0.15, 0.2) is 0 Å². The van der Waals surface area contributed by atoms with Crippen LogP contribution >= 0.6 is 0 Å². The van der Waals surface area contributed by atoms with Crippen LogP contribution in [0.15, 0.2) is 36.7 Å². The summed E-state index contributed by atoms with van der Waals surface area (Å²) < 4.78 is 0. The van der Waals surface area contributed by atoms with Gasteiger partial charge >= 0.3 is 0 Å². The monoisotopic (exact) mass is 196 g/mol. The Hall–Kier alpha value is -1.70. The molecule has 2 heterocycles. The molecule has 0 bridgehead atoms. The summed E-state index contributed by atoms with van der Waals surface area (Å²) in [6.45, 7) is 2.21. The predicted molar refractivity (Wildman–Crippen MR) is 59.6 cm³/mol. The van der Waals surface area contributed by atoms with E-state index < -0.39 is 0 Å². The molecule has 0 spiro atoms. The molecule has 0 radical (unpaired) electrons. The Morgan fingerprint density at radius 1 is 1.07 bits per heavy atom. The lowest BCUT2D eigenvalue weighted by atomic mass is 9.85. The second kappa shape index (κ2) is 3.16. The molecule has 0 saturated carbocycles. The first-order valence-electron chi connectivity index (χ1n) is 5.25. The SMILES string of the molecule is C[C@H]1Cc2ncccc2-c2cccnc21. The summed E-state index contributed by atoms with van der Waals surface area (Å²) in [5.41, 5.74) is 4.90. The Morgan fingerprint density at radius 3 is 2.67 bits per heavy atom. The molecular formula is C13H12N2. The number of aromatic nitrogens is 2. The number of rotatable bonds is 0. The van der Waals surface area contributed by atoms with E-state index in [1.54, 1.807) is 0 Å². The molecule has 3 rings (SSSR count). The van der Waals surface area contributed by atoms with Gasteiger partial charge in [-0.15, -0.1) is 0 Å². The minimum Gasteiger partial charge on any atom is -0.261 e. The summed E-state index contributed by atoms with van der Waals surface area (Å²) in [6.07, 6.45) is 4.74. The van der Waals surface area contributed by atoms with Crippen LogP contribution in [0.25, 0.3) is 11.1 Å². The van der Waals surface area contributed by atoms with Gasteiger partial charge in [0.05, 0.1) is 5.69 Å². The van der Waals surface area contributed by atoms with Gasteiger partial charge in [-0.25, -0.2) is 0 Å². The van der Waals surface area contributed by atoms with Crippen LogP contribution in [0.5, 0.6) is 0 Å². The van der Waals surface area contributed by atoms with E-state index in [-0.39, 0.29) is 0 Å². The third kappa shape index (κ3) is 1.25. The first kappa shape index (κ1) is 8.60. The normalized spacial score (nSPS) is 18.1. The predicted octanol–water partition coefficient (Wildman–Crippen LogP) is 2.80. The fourth-order valence-corrected chi connectivity index (χ4v) is 2.27. The molecule has 74 valence electrons. The van der Waals surface area contributed by atoms with E-state index in [0.29, 0.717) is 5.92 Å². The zero-order valence-electron chi connectivity index (χ0n) is 8.64. The molecule has 2 nitrogen and oxygen atoms in total. The Bertz CT molecular complexity index is 505. The van der Waals surface area contributed by atoms with Gasteiger partial charge < -0.3 is 0 Å². The Balaban J connectivity index is 2.30. The van der Waals surface area contributed by atoms with Crippen molar-refractivity contribution in [3.63, 3.8) is 0 Å². The molecule has 15 heavy (non-hydrogen) atoms. The number of fused-ring (bicyclic) bond motifs is 3. The van der Waals surface area contributed by atoms with E-state index in [9.17, 15) is 0 Å². The van der Waals surface area contributed by atoms with Crippen molar-refractivity contribution < 1.29 is 0 Å². The molecule has 0 amide bonds. The number of hydrogen-bond donors (Lipinski definition) is 0. The second-order valence-corrected chi connectivity index (χ2v) is 4.04. The molecule has 2 aromatic rings. The van der Waals surface area contributed by atoms with Crippen LogP contribution in [0, 0.1) is 0 Å². The van der Waals surface area contributed by atoms with Crippen LogP contribution in [-0.2, 0) is 6.42 Å². The maximum absolute atomic E-state index is 4.47. The van der Waals surface area contributed by atoms with Gasteiger partial charge in [0, 0.05) is 35.1 Å². The highest BCUT2D eigenvalue weighted by molar-refractivity contribution is 5.70. The lowest BCUT2D eigenvalue weighted by molar-refractivity contribution is 0.704. The summed E-state index contributed by atoms with van der Waals surface area (Å²) in [6, 6.07) is 8.26. The van der Waals surface area contributed by atoms with Crippen molar-refractivity contribution in [1.82, 2.24) is 9.97 Å². The van der Waals surface area contributed by atoms with E-state index in [0.717, 1.165) is 6.42 Å². The maximum Gasteiger partial charge on any atom is 0.0514 e. The fraction of sp³-hybridized carbons (Fsp3) is 0.231. The van der Waals surface area contributed by atoms with Crippen LogP contribution in [0.1, 0.15) is 24.2 Å². The highest BCUT2D eigenvalue weighted by atomic mass is 14.7. The van der Waals surface area contributed by atoms with Crippen molar-refractivity contribution in [2.24, 2.45) is 0 Å². The molecule has 1 aliphatic rings. The minimum absolute atomic E-state index is 0.476. The van der Waals surface area contributed by atoms with E-state index in [1.807, 2.05) is 24.5 Å². The molecule has 2 aromatic heterocycles. The Labute approximate surface area is 89.0 Å². The van der Waals surface area contributed by atoms with E-state index in [4.69, 9.17) is 0 Å². The molecule has 0 unspecified atom stereocenters. The van der Waals surface area contributed by atoms with E-state index in [2.05, 4.69) is 29.0 Å². The van der Waals surface area contributed by atoms with Gasteiger partial charge in [-0.1, -0.05) is 19.1 Å². The van der Waals surface area contributed by atoms with Gasteiger partial charge in [0.25, 0.3) is 0 Å². The molecule has 0 aliphatic heterocycles. The lowest BCUT2D eigenvalue weighted by Crippen LogP contribution is -2.11. The molecule has 1 aliphatic carbocycles. The van der Waals surface area contributed by atoms with Gasteiger partial charge in [0.2, 0.25) is 0 Å². The Kier molecular flexibility index (Phi) is 1.81. The van der Waals surface area contributed by atoms with E-state index >= 15 is 0 Å². The van der Waals surface area contributed by atoms with Crippen molar-refractivity contribution in [3.8, 4) is 11.1 Å². The van der Waals surface area contributed by atoms with Gasteiger partial charge in [0.1, 0.15) is 0 Å². The van der Waals surface area contributed by atoms with Crippen molar-refractivity contribution >= 4 is 0 Å². The first-order chi connectivity index (χ1) is 7.36. The van der Waals surface area contributed by atoms with Gasteiger partial charge in [-0.05, 0) is 18.6 Å². The highest BCUT2D eigenvalue weighted by Gasteiger charge is 2.22. The fourth-order valence-electron chi connectivity index (χ4n) is 2.27. The summed E-state index contributed by atoms with van der Waals surface area (Å²) in [5.74, 6) is 0.476. The molecule has 2 heteroatoms. The van der Waals surface area contributed by atoms with Crippen molar-refractivity contribution in [2.75, 3.05) is 0 Å². The largest absolute Gasteiger partial charge is 0.261 e. The average Bonchev–Trinajstić information content (AvgIpc) is 2.30. The van der Waals surface area contributed by atoms with Crippen molar-refractivity contribution in [2.45, 2.75) is 19.3 Å². The summed E-state index contributed by atoms with van der Waals surface area (Å²) in [5, 5.41) is 0. The van der Waals surface area contributed by atoms with Gasteiger partial charge in [-0.3, -0.25) is 9.97 Å². The Morgan fingerprint density at radius 2 is 1.80 bits per heavy atom. The summed E-state index contributed by atoms with van der Waals surface area (Å²) in [7, 11) is 0. The molecular weight excluding hydrogens is 184 g/mol. The van der Waals surface area contributed by atoms with Crippen LogP contribution < -0.4 is 0 Å². The maximum atomic E-state index is 4.47. The quantitative estimate of drug-likeness (QED) is 0.647. The molecule has 0 aromatic carbocycles. The summed E-state index contributed by atoms with van der Waals surface area (Å²) in [4.78, 5) is 8.91. The molecule has 0 saturated heterocycles. The first-order valence-corrected chi connectivity index (χ1v) is 5.25. The van der Waals surface area contributed by atoms with Crippen LogP contribution in [-0.4, -0.2) is 9.97 Å². The topological polar surface area (TPSA) is 25.8 Å². The zero-order valence-corrected chi connectivity index (χ0v) is 8.64. The molecule has 0 fully saturated rings. The van der Waals surface area contributed by atoms with Crippen LogP contribution in [0.2, 0.25) is 0 Å². The van der Waals surface area contributed by atoms with E-state index in [1.165, 1.54) is 22.5 Å². The number of pyridine rings is 2. The average molecular weight is 196 g/mol. The smallest absolute Gasteiger partial charge is 0.0514 e. The van der Waals surface area contributed by atoms with Crippen molar-refractivity contribution in [3.05, 3.63) is 48.0 Å². The number of hydrogen-bond acceptors (Lipinski definition) is 2. The third-order valence-corrected chi connectivity index (χ3v) is 2.99. The van der Waals surface area contributed by atoms with Crippen molar-refractivity contribution in [1.29, 1.82) is 0 Å². The summed E-state index contributed by atoms with van der Waals surface area (Å²) >= 11 is 0. The minimum atomic E-state index is 0.476. The second-order valence-electron chi connectivity index (χ2n) is 4.04.